The van der Waals surface area contributed by atoms with Crippen molar-refractivity contribution in [1.82, 2.24) is 14.8 Å². The average molecular weight is 372 g/mol. The molecule has 0 aliphatic carbocycles. The molecule has 0 bridgehead atoms. The summed E-state index contributed by atoms with van der Waals surface area (Å²) in [6.07, 6.45) is 3.96. The Morgan fingerprint density at radius 1 is 1.27 bits per heavy atom. The number of piperidine rings is 1. The number of ether oxygens (including phenoxy) is 1. The van der Waals surface area contributed by atoms with Crippen molar-refractivity contribution in [2.45, 2.75) is 26.3 Å². The Bertz CT molecular complexity index is 799. The average Bonchev–Trinajstić information content (AvgIpc) is 2.97. The SMILES string of the molecule is CC1CCN(C(=O)N2CCOc3ccc(-c4cnc(N)s4)cc3C2)CC1. The molecule has 3 heterocycles. The van der Waals surface area contributed by atoms with Crippen LogP contribution in [0.5, 0.6) is 5.75 Å². The van der Waals surface area contributed by atoms with Crippen LogP contribution in [0.15, 0.2) is 24.4 Å². The van der Waals surface area contributed by atoms with E-state index in [1.54, 1.807) is 6.20 Å². The standard InChI is InChI=1S/C19H24N4O2S/c1-13-4-6-22(7-5-13)19(24)23-8-9-25-16-3-2-14(10-15(16)12-23)17-11-21-18(20)26-17/h2-3,10-11,13H,4-9,12H2,1H3,(H2,20,21). The third-order valence-electron chi connectivity index (χ3n) is 5.17. The van der Waals surface area contributed by atoms with Gasteiger partial charge in [0.05, 0.1) is 18.0 Å². The molecule has 26 heavy (non-hydrogen) atoms. The van der Waals surface area contributed by atoms with Gasteiger partial charge in [0.15, 0.2) is 5.13 Å². The Hall–Kier alpha value is -2.28. The molecule has 1 aromatic heterocycles. The summed E-state index contributed by atoms with van der Waals surface area (Å²) in [5.74, 6) is 1.57. The Morgan fingerprint density at radius 2 is 2.08 bits per heavy atom. The van der Waals surface area contributed by atoms with Crippen LogP contribution in [-0.2, 0) is 6.54 Å². The first kappa shape index (κ1) is 17.1. The zero-order valence-corrected chi connectivity index (χ0v) is 15.8. The number of anilines is 1. The highest BCUT2D eigenvalue weighted by Crippen LogP contribution is 2.33. The normalized spacial score (nSPS) is 18.2. The van der Waals surface area contributed by atoms with Crippen LogP contribution in [0.3, 0.4) is 0 Å². The van der Waals surface area contributed by atoms with Gasteiger partial charge in [-0.2, -0.15) is 0 Å². The number of nitrogens with two attached hydrogens (primary N) is 1. The van der Waals surface area contributed by atoms with Gasteiger partial charge < -0.3 is 20.3 Å². The first-order valence-electron chi connectivity index (χ1n) is 9.11. The van der Waals surface area contributed by atoms with Gasteiger partial charge in [-0.25, -0.2) is 9.78 Å². The summed E-state index contributed by atoms with van der Waals surface area (Å²) < 4.78 is 5.88. The summed E-state index contributed by atoms with van der Waals surface area (Å²) in [5.41, 5.74) is 7.85. The molecule has 0 radical (unpaired) electrons. The molecule has 0 atom stereocenters. The minimum absolute atomic E-state index is 0.126. The van der Waals surface area contributed by atoms with Crippen LogP contribution in [0, 0.1) is 5.92 Å². The smallest absolute Gasteiger partial charge is 0.320 e. The maximum Gasteiger partial charge on any atom is 0.320 e. The molecule has 1 saturated heterocycles. The van der Waals surface area contributed by atoms with Crippen molar-refractivity contribution >= 4 is 22.5 Å². The highest BCUT2D eigenvalue weighted by Gasteiger charge is 2.27. The Kier molecular flexibility index (Phi) is 4.72. The van der Waals surface area contributed by atoms with E-state index in [1.807, 2.05) is 21.9 Å². The minimum Gasteiger partial charge on any atom is -0.491 e. The van der Waals surface area contributed by atoms with Gasteiger partial charge in [-0.3, -0.25) is 0 Å². The zero-order chi connectivity index (χ0) is 18.1. The molecule has 4 rings (SSSR count). The third kappa shape index (κ3) is 3.49. The Morgan fingerprint density at radius 3 is 2.81 bits per heavy atom. The fourth-order valence-electron chi connectivity index (χ4n) is 3.53. The van der Waals surface area contributed by atoms with Crippen LogP contribution in [0.1, 0.15) is 25.3 Å². The lowest BCUT2D eigenvalue weighted by Gasteiger charge is -2.34. The lowest BCUT2D eigenvalue weighted by molar-refractivity contribution is 0.129. The first-order chi connectivity index (χ1) is 12.6. The molecule has 0 spiro atoms. The van der Waals surface area contributed by atoms with Crippen molar-refractivity contribution < 1.29 is 9.53 Å². The second-order valence-corrected chi connectivity index (χ2v) is 8.17. The molecule has 2 aliphatic rings. The summed E-state index contributed by atoms with van der Waals surface area (Å²) in [5, 5.41) is 0.558. The molecule has 0 unspecified atom stereocenters. The van der Waals surface area contributed by atoms with Crippen molar-refractivity contribution in [3.63, 3.8) is 0 Å². The monoisotopic (exact) mass is 372 g/mol. The van der Waals surface area contributed by atoms with Gasteiger partial charge in [-0.05, 0) is 42.5 Å². The van der Waals surface area contributed by atoms with E-state index < -0.39 is 0 Å². The lowest BCUT2D eigenvalue weighted by Crippen LogP contribution is -2.46. The van der Waals surface area contributed by atoms with E-state index in [-0.39, 0.29) is 6.03 Å². The van der Waals surface area contributed by atoms with Crippen LogP contribution >= 0.6 is 11.3 Å². The number of nitrogen functional groups attached to an aromatic ring is 1. The van der Waals surface area contributed by atoms with Gasteiger partial charge in [-0.1, -0.05) is 18.3 Å². The molecule has 2 amide bonds. The molecular weight excluding hydrogens is 348 g/mol. The summed E-state index contributed by atoms with van der Waals surface area (Å²) in [4.78, 5) is 22.0. The number of hydrogen-bond acceptors (Lipinski definition) is 5. The summed E-state index contributed by atoms with van der Waals surface area (Å²) in [6, 6.07) is 6.22. The van der Waals surface area contributed by atoms with Crippen molar-refractivity contribution in [2.75, 3.05) is 32.0 Å². The Balaban J connectivity index is 1.54. The molecule has 7 heteroatoms. The molecule has 1 fully saturated rings. The lowest BCUT2D eigenvalue weighted by atomic mass is 9.99. The highest BCUT2D eigenvalue weighted by molar-refractivity contribution is 7.18. The topological polar surface area (TPSA) is 71.7 Å². The summed E-state index contributed by atoms with van der Waals surface area (Å²) in [6.45, 7) is 5.67. The predicted molar refractivity (Wildman–Crippen MR) is 103 cm³/mol. The number of amides is 2. The number of benzene rings is 1. The van der Waals surface area contributed by atoms with E-state index >= 15 is 0 Å². The first-order valence-corrected chi connectivity index (χ1v) is 9.93. The van der Waals surface area contributed by atoms with E-state index in [9.17, 15) is 4.79 Å². The van der Waals surface area contributed by atoms with Crippen molar-refractivity contribution in [1.29, 1.82) is 0 Å². The second-order valence-electron chi connectivity index (χ2n) is 7.11. The Labute approximate surface area is 157 Å². The molecule has 138 valence electrons. The molecule has 6 nitrogen and oxygen atoms in total. The van der Waals surface area contributed by atoms with Gasteiger partial charge in [0.2, 0.25) is 0 Å². The number of carbonyl (C=O) groups excluding carboxylic acids is 1. The van der Waals surface area contributed by atoms with Gasteiger partial charge in [0, 0.05) is 24.8 Å². The molecule has 2 aliphatic heterocycles. The second kappa shape index (κ2) is 7.15. The van der Waals surface area contributed by atoms with Crippen LogP contribution < -0.4 is 10.5 Å². The van der Waals surface area contributed by atoms with Crippen LogP contribution in [0.2, 0.25) is 0 Å². The van der Waals surface area contributed by atoms with Gasteiger partial charge in [-0.15, -0.1) is 0 Å². The number of aromatic nitrogens is 1. The number of rotatable bonds is 1. The fraction of sp³-hybridized carbons (Fsp3) is 0.474. The predicted octanol–water partition coefficient (Wildman–Crippen LogP) is 3.44. The molecule has 2 N–H and O–H groups in total. The van der Waals surface area contributed by atoms with Gasteiger partial charge >= 0.3 is 6.03 Å². The van der Waals surface area contributed by atoms with Crippen molar-refractivity contribution in [3.05, 3.63) is 30.0 Å². The number of nitrogens with zero attached hydrogens (tertiary/aromatic N) is 3. The minimum atomic E-state index is 0.126. The third-order valence-corrected chi connectivity index (χ3v) is 6.05. The maximum absolute atomic E-state index is 13.0. The molecule has 0 saturated carbocycles. The number of thiazole rings is 1. The fourth-order valence-corrected chi connectivity index (χ4v) is 4.21. The number of fused-ring (bicyclic) bond motifs is 1. The number of hydrogen-bond donors (Lipinski definition) is 1. The van der Waals surface area contributed by atoms with Crippen LogP contribution in [0.4, 0.5) is 9.93 Å². The van der Waals surface area contributed by atoms with E-state index in [2.05, 4.69) is 18.0 Å². The molecule has 2 aromatic rings. The van der Waals surface area contributed by atoms with E-state index in [4.69, 9.17) is 10.5 Å². The molecule has 1 aromatic carbocycles. The van der Waals surface area contributed by atoms with Gasteiger partial charge in [0.25, 0.3) is 0 Å². The number of urea groups is 1. The van der Waals surface area contributed by atoms with E-state index in [0.717, 1.165) is 47.7 Å². The van der Waals surface area contributed by atoms with E-state index in [0.29, 0.717) is 30.7 Å². The van der Waals surface area contributed by atoms with Crippen LogP contribution in [-0.4, -0.2) is 47.1 Å². The number of likely N-dealkylation sites (tertiary alicyclic amines) is 1. The van der Waals surface area contributed by atoms with E-state index in [1.165, 1.54) is 11.3 Å². The van der Waals surface area contributed by atoms with Crippen molar-refractivity contribution in [2.24, 2.45) is 5.92 Å². The number of carbonyl (C=O) groups is 1. The maximum atomic E-state index is 13.0. The summed E-state index contributed by atoms with van der Waals surface area (Å²) in [7, 11) is 0. The largest absolute Gasteiger partial charge is 0.491 e. The zero-order valence-electron chi connectivity index (χ0n) is 15.0. The van der Waals surface area contributed by atoms with Gasteiger partial charge in [0.1, 0.15) is 12.4 Å². The quantitative estimate of drug-likeness (QED) is 0.832. The van der Waals surface area contributed by atoms with Crippen molar-refractivity contribution in [3.8, 4) is 16.2 Å². The summed E-state index contributed by atoms with van der Waals surface area (Å²) >= 11 is 1.46. The highest BCUT2D eigenvalue weighted by atomic mass is 32.1. The van der Waals surface area contributed by atoms with Crippen LogP contribution in [0.25, 0.3) is 10.4 Å². The molecular formula is C19H24N4O2S.